The molecular formula is C12H16N2O3. The Morgan fingerprint density at radius 1 is 0.765 bits per heavy atom. The molecule has 4 N–H and O–H groups in total. The van der Waals surface area contributed by atoms with Crippen molar-refractivity contribution in [3.05, 3.63) is 47.3 Å². The van der Waals surface area contributed by atoms with Gasteiger partial charge in [-0.1, -0.05) is 0 Å². The molecule has 0 saturated heterocycles. The largest absolute Gasteiger partial charge is 0.462 e. The van der Waals surface area contributed by atoms with E-state index in [-0.39, 0.29) is 0 Å². The summed E-state index contributed by atoms with van der Waals surface area (Å²) in [5.74, 6) is 3.03. The van der Waals surface area contributed by atoms with Gasteiger partial charge < -0.3 is 25.0 Å². The molecule has 0 amide bonds. The van der Waals surface area contributed by atoms with E-state index in [1.807, 2.05) is 24.3 Å². The van der Waals surface area contributed by atoms with E-state index >= 15 is 0 Å². The molecule has 2 aromatic rings. The minimum Gasteiger partial charge on any atom is -0.462 e. The molecule has 92 valence electrons. The number of furan rings is 2. The SMILES string of the molecule is NCc1ccc(COCc2ccc(CN)o2)o1. The van der Waals surface area contributed by atoms with Crippen LogP contribution in [0.3, 0.4) is 0 Å². The van der Waals surface area contributed by atoms with Gasteiger partial charge in [-0.3, -0.25) is 0 Å². The highest BCUT2D eigenvalue weighted by atomic mass is 16.5. The van der Waals surface area contributed by atoms with Crippen molar-refractivity contribution in [2.24, 2.45) is 11.5 Å². The van der Waals surface area contributed by atoms with E-state index in [0.717, 1.165) is 23.0 Å². The van der Waals surface area contributed by atoms with Crippen LogP contribution in [0.4, 0.5) is 0 Å². The average Bonchev–Trinajstić information content (AvgIpc) is 2.97. The van der Waals surface area contributed by atoms with Gasteiger partial charge in [0.1, 0.15) is 36.3 Å². The number of rotatable bonds is 6. The molecule has 0 unspecified atom stereocenters. The molecule has 17 heavy (non-hydrogen) atoms. The highest BCUT2D eigenvalue weighted by Crippen LogP contribution is 2.12. The lowest BCUT2D eigenvalue weighted by Crippen LogP contribution is -1.94. The second-order valence-electron chi connectivity index (χ2n) is 3.64. The molecule has 0 radical (unpaired) electrons. The molecule has 0 aromatic carbocycles. The zero-order valence-electron chi connectivity index (χ0n) is 9.52. The standard InChI is InChI=1S/C12H16N2O3/c13-5-9-1-3-11(16-9)7-15-8-12-4-2-10(6-14)17-12/h1-4H,5-8,13-14H2. The van der Waals surface area contributed by atoms with Gasteiger partial charge >= 0.3 is 0 Å². The van der Waals surface area contributed by atoms with Crippen LogP contribution in [-0.4, -0.2) is 0 Å². The van der Waals surface area contributed by atoms with Crippen molar-refractivity contribution in [2.45, 2.75) is 26.3 Å². The molecule has 2 aromatic heterocycles. The van der Waals surface area contributed by atoms with E-state index < -0.39 is 0 Å². The lowest BCUT2D eigenvalue weighted by molar-refractivity contribution is 0.0789. The van der Waals surface area contributed by atoms with Crippen molar-refractivity contribution in [1.29, 1.82) is 0 Å². The number of nitrogens with two attached hydrogens (primary N) is 2. The van der Waals surface area contributed by atoms with Crippen LogP contribution in [0.1, 0.15) is 23.0 Å². The van der Waals surface area contributed by atoms with E-state index in [9.17, 15) is 0 Å². The number of hydrogen-bond acceptors (Lipinski definition) is 5. The molecule has 5 nitrogen and oxygen atoms in total. The van der Waals surface area contributed by atoms with Crippen molar-refractivity contribution in [1.82, 2.24) is 0 Å². The van der Waals surface area contributed by atoms with Gasteiger partial charge in [-0.05, 0) is 24.3 Å². The average molecular weight is 236 g/mol. The molecule has 2 heterocycles. The van der Waals surface area contributed by atoms with E-state index in [1.165, 1.54) is 0 Å². The summed E-state index contributed by atoms with van der Waals surface area (Å²) in [6.07, 6.45) is 0. The Hall–Kier alpha value is -1.56. The van der Waals surface area contributed by atoms with Crippen molar-refractivity contribution in [2.75, 3.05) is 0 Å². The molecular weight excluding hydrogens is 220 g/mol. The fourth-order valence-corrected chi connectivity index (χ4v) is 1.47. The van der Waals surface area contributed by atoms with Crippen LogP contribution >= 0.6 is 0 Å². The maximum Gasteiger partial charge on any atom is 0.129 e. The Balaban J connectivity index is 1.79. The predicted molar refractivity (Wildman–Crippen MR) is 61.7 cm³/mol. The molecule has 0 aliphatic rings. The lowest BCUT2D eigenvalue weighted by atomic mass is 10.4. The molecule has 0 saturated carbocycles. The lowest BCUT2D eigenvalue weighted by Gasteiger charge is -1.99. The van der Waals surface area contributed by atoms with Gasteiger partial charge in [0.25, 0.3) is 0 Å². The van der Waals surface area contributed by atoms with Crippen molar-refractivity contribution < 1.29 is 13.6 Å². The third kappa shape index (κ3) is 3.20. The highest BCUT2D eigenvalue weighted by Gasteiger charge is 2.03. The molecule has 0 bridgehead atoms. The second kappa shape index (κ2) is 5.67. The quantitative estimate of drug-likeness (QED) is 0.793. The fourth-order valence-electron chi connectivity index (χ4n) is 1.47. The number of hydrogen-bond donors (Lipinski definition) is 2. The highest BCUT2D eigenvalue weighted by molar-refractivity contribution is 5.07. The summed E-state index contributed by atoms with van der Waals surface area (Å²) in [5.41, 5.74) is 10.9. The first-order chi connectivity index (χ1) is 8.31. The van der Waals surface area contributed by atoms with E-state index in [0.29, 0.717) is 26.3 Å². The summed E-state index contributed by atoms with van der Waals surface area (Å²) in [6, 6.07) is 7.40. The van der Waals surface area contributed by atoms with Crippen LogP contribution < -0.4 is 11.5 Å². The van der Waals surface area contributed by atoms with Crippen LogP contribution in [0.5, 0.6) is 0 Å². The molecule has 0 aliphatic carbocycles. The zero-order chi connectivity index (χ0) is 12.1. The molecule has 0 spiro atoms. The maximum atomic E-state index is 5.45. The molecule has 0 atom stereocenters. The van der Waals surface area contributed by atoms with Gasteiger partial charge in [0.2, 0.25) is 0 Å². The first kappa shape index (κ1) is 11.9. The minimum absolute atomic E-state index is 0.401. The first-order valence-corrected chi connectivity index (χ1v) is 5.45. The van der Waals surface area contributed by atoms with Gasteiger partial charge in [-0.15, -0.1) is 0 Å². The third-order valence-corrected chi connectivity index (χ3v) is 2.33. The van der Waals surface area contributed by atoms with Crippen LogP contribution in [-0.2, 0) is 31.0 Å². The van der Waals surface area contributed by atoms with Crippen LogP contribution in [0.25, 0.3) is 0 Å². The summed E-state index contributed by atoms with van der Waals surface area (Å²) in [6.45, 7) is 1.60. The summed E-state index contributed by atoms with van der Waals surface area (Å²) in [5, 5.41) is 0. The van der Waals surface area contributed by atoms with Crippen molar-refractivity contribution in [3.8, 4) is 0 Å². The first-order valence-electron chi connectivity index (χ1n) is 5.45. The van der Waals surface area contributed by atoms with Crippen molar-refractivity contribution in [3.63, 3.8) is 0 Å². The van der Waals surface area contributed by atoms with Crippen molar-refractivity contribution >= 4 is 0 Å². The maximum absolute atomic E-state index is 5.45. The summed E-state index contributed by atoms with van der Waals surface area (Å²) >= 11 is 0. The Labute approximate surface area is 99.3 Å². The molecule has 2 rings (SSSR count). The fraction of sp³-hybridized carbons (Fsp3) is 0.333. The predicted octanol–water partition coefficient (Wildman–Crippen LogP) is 1.51. The summed E-state index contributed by atoms with van der Waals surface area (Å²) in [7, 11) is 0. The Morgan fingerprint density at radius 3 is 1.53 bits per heavy atom. The van der Waals surface area contributed by atoms with Crippen LogP contribution in [0.2, 0.25) is 0 Å². The van der Waals surface area contributed by atoms with E-state index in [2.05, 4.69) is 0 Å². The van der Waals surface area contributed by atoms with E-state index in [4.69, 9.17) is 25.0 Å². The topological polar surface area (TPSA) is 87.5 Å². The summed E-state index contributed by atoms with van der Waals surface area (Å²) in [4.78, 5) is 0. The monoisotopic (exact) mass is 236 g/mol. The molecule has 5 heteroatoms. The minimum atomic E-state index is 0.401. The number of ether oxygens (including phenoxy) is 1. The smallest absolute Gasteiger partial charge is 0.129 e. The molecule has 0 aliphatic heterocycles. The van der Waals surface area contributed by atoms with Crippen LogP contribution in [0, 0.1) is 0 Å². The molecule has 0 fully saturated rings. The van der Waals surface area contributed by atoms with Gasteiger partial charge in [0.15, 0.2) is 0 Å². The van der Waals surface area contributed by atoms with Crippen LogP contribution in [0.15, 0.2) is 33.1 Å². The Morgan fingerprint density at radius 2 is 1.18 bits per heavy atom. The van der Waals surface area contributed by atoms with E-state index in [1.54, 1.807) is 0 Å². The normalized spacial score (nSPS) is 10.9. The van der Waals surface area contributed by atoms with Gasteiger partial charge in [0.05, 0.1) is 13.1 Å². The van der Waals surface area contributed by atoms with Gasteiger partial charge in [0, 0.05) is 0 Å². The second-order valence-corrected chi connectivity index (χ2v) is 3.64. The Kier molecular flexibility index (Phi) is 3.98. The van der Waals surface area contributed by atoms with Gasteiger partial charge in [-0.25, -0.2) is 0 Å². The Bertz CT molecular complexity index is 420. The zero-order valence-corrected chi connectivity index (χ0v) is 9.52. The third-order valence-electron chi connectivity index (χ3n) is 2.33. The van der Waals surface area contributed by atoms with Gasteiger partial charge in [-0.2, -0.15) is 0 Å². The summed E-state index contributed by atoms with van der Waals surface area (Å²) < 4.78 is 16.2.